The van der Waals surface area contributed by atoms with Crippen molar-refractivity contribution >= 4 is 17.3 Å². The molecule has 0 radical (unpaired) electrons. The van der Waals surface area contributed by atoms with Gasteiger partial charge in [-0.15, -0.1) is 0 Å². The van der Waals surface area contributed by atoms with Crippen molar-refractivity contribution in [2.75, 3.05) is 5.32 Å². The average molecular weight is 241 g/mol. The Balaban J connectivity index is 2.11. The maximum absolute atomic E-state index is 9.66. The van der Waals surface area contributed by atoms with E-state index in [2.05, 4.69) is 24.1 Å². The summed E-state index contributed by atoms with van der Waals surface area (Å²) in [4.78, 5) is 4.19. The van der Waals surface area contributed by atoms with Crippen molar-refractivity contribution in [1.29, 1.82) is 0 Å². The minimum Gasteiger partial charge on any atom is -0.392 e. The van der Waals surface area contributed by atoms with Gasteiger partial charge in [-0.3, -0.25) is 0 Å². The number of halogens is 1. The number of hydrogen-bond acceptors (Lipinski definition) is 3. The topological polar surface area (TPSA) is 45.2 Å². The highest BCUT2D eigenvalue weighted by Gasteiger charge is 2.47. The van der Waals surface area contributed by atoms with E-state index in [0.717, 1.165) is 17.8 Å². The Hall–Kier alpha value is -0.800. The Morgan fingerprint density at radius 1 is 1.50 bits per heavy atom. The van der Waals surface area contributed by atoms with Crippen LogP contribution in [0.1, 0.15) is 26.0 Å². The minimum absolute atomic E-state index is 0.0773. The standard InChI is InChI=1S/C12H17ClN2O/c1-7-8(4-5-11(13)14-7)15-9-6-10(16)12(9,2)3/h4-5,9-10,15-16H,6H2,1-3H3. The number of anilines is 1. The smallest absolute Gasteiger partial charge is 0.129 e. The van der Waals surface area contributed by atoms with Gasteiger partial charge >= 0.3 is 0 Å². The summed E-state index contributed by atoms with van der Waals surface area (Å²) in [6, 6.07) is 4.01. The van der Waals surface area contributed by atoms with E-state index in [4.69, 9.17) is 11.6 Å². The molecule has 0 aromatic carbocycles. The molecule has 0 aliphatic heterocycles. The first kappa shape index (κ1) is 11.7. The van der Waals surface area contributed by atoms with E-state index in [1.807, 2.05) is 13.0 Å². The number of aryl methyl sites for hydroxylation is 1. The fourth-order valence-corrected chi connectivity index (χ4v) is 2.21. The number of aliphatic hydroxyl groups excluding tert-OH is 1. The van der Waals surface area contributed by atoms with Gasteiger partial charge in [0.25, 0.3) is 0 Å². The van der Waals surface area contributed by atoms with Gasteiger partial charge in [-0.1, -0.05) is 25.4 Å². The van der Waals surface area contributed by atoms with Crippen LogP contribution in [0.4, 0.5) is 5.69 Å². The second-order valence-corrected chi connectivity index (χ2v) is 5.42. The maximum Gasteiger partial charge on any atom is 0.129 e. The van der Waals surface area contributed by atoms with Gasteiger partial charge in [0.05, 0.1) is 17.5 Å². The summed E-state index contributed by atoms with van der Waals surface area (Å²) in [6.07, 6.45) is 0.570. The molecule has 16 heavy (non-hydrogen) atoms. The Labute approximate surface area is 101 Å². The first-order chi connectivity index (χ1) is 7.41. The molecule has 1 heterocycles. The van der Waals surface area contributed by atoms with Crippen molar-refractivity contribution in [2.24, 2.45) is 5.41 Å². The van der Waals surface area contributed by atoms with Gasteiger partial charge in [-0.2, -0.15) is 0 Å². The molecule has 1 saturated carbocycles. The van der Waals surface area contributed by atoms with E-state index in [-0.39, 0.29) is 11.5 Å². The van der Waals surface area contributed by atoms with Gasteiger partial charge in [-0.05, 0) is 25.5 Å². The highest BCUT2D eigenvalue weighted by atomic mass is 35.5. The van der Waals surface area contributed by atoms with E-state index in [9.17, 15) is 5.11 Å². The van der Waals surface area contributed by atoms with Crippen LogP contribution in [0.25, 0.3) is 0 Å². The largest absolute Gasteiger partial charge is 0.392 e. The number of pyridine rings is 1. The molecule has 0 spiro atoms. The summed E-state index contributed by atoms with van der Waals surface area (Å²) in [5.74, 6) is 0. The molecule has 88 valence electrons. The van der Waals surface area contributed by atoms with Crippen molar-refractivity contribution in [3.63, 3.8) is 0 Å². The number of rotatable bonds is 2. The van der Waals surface area contributed by atoms with Crippen LogP contribution in [0.15, 0.2) is 12.1 Å². The van der Waals surface area contributed by atoms with Crippen LogP contribution in [0.5, 0.6) is 0 Å². The van der Waals surface area contributed by atoms with Crippen LogP contribution >= 0.6 is 11.6 Å². The van der Waals surface area contributed by atoms with Crippen LogP contribution in [-0.4, -0.2) is 22.2 Å². The normalized spacial score (nSPS) is 27.3. The number of aliphatic hydroxyl groups is 1. The molecule has 2 rings (SSSR count). The fraction of sp³-hybridized carbons (Fsp3) is 0.583. The molecule has 2 unspecified atom stereocenters. The zero-order valence-corrected chi connectivity index (χ0v) is 10.5. The lowest BCUT2D eigenvalue weighted by Crippen LogP contribution is -2.57. The molecule has 2 N–H and O–H groups in total. The van der Waals surface area contributed by atoms with E-state index in [1.54, 1.807) is 6.07 Å². The molecule has 0 bridgehead atoms. The molecular weight excluding hydrogens is 224 g/mol. The van der Waals surface area contributed by atoms with Crippen molar-refractivity contribution in [2.45, 2.75) is 39.3 Å². The monoisotopic (exact) mass is 240 g/mol. The lowest BCUT2D eigenvalue weighted by molar-refractivity contribution is -0.0510. The number of nitrogens with one attached hydrogen (secondary N) is 1. The zero-order chi connectivity index (χ0) is 11.9. The molecule has 1 aliphatic carbocycles. The Kier molecular flexibility index (Phi) is 2.84. The third-order valence-corrected chi connectivity index (χ3v) is 3.81. The summed E-state index contributed by atoms with van der Waals surface area (Å²) in [7, 11) is 0. The second-order valence-electron chi connectivity index (χ2n) is 5.04. The molecule has 1 aliphatic rings. The SMILES string of the molecule is Cc1nc(Cl)ccc1NC1CC(O)C1(C)C. The van der Waals surface area contributed by atoms with Gasteiger partial charge in [-0.25, -0.2) is 4.98 Å². The fourth-order valence-electron chi connectivity index (χ4n) is 2.02. The Morgan fingerprint density at radius 2 is 2.19 bits per heavy atom. The lowest BCUT2D eigenvalue weighted by Gasteiger charge is -2.50. The highest BCUT2D eigenvalue weighted by molar-refractivity contribution is 6.29. The first-order valence-electron chi connectivity index (χ1n) is 5.49. The van der Waals surface area contributed by atoms with Crippen LogP contribution in [0.3, 0.4) is 0 Å². The van der Waals surface area contributed by atoms with Gasteiger partial charge in [0.1, 0.15) is 5.15 Å². The summed E-state index contributed by atoms with van der Waals surface area (Å²) in [5.41, 5.74) is 1.81. The van der Waals surface area contributed by atoms with Crippen LogP contribution in [0.2, 0.25) is 5.15 Å². The quantitative estimate of drug-likeness (QED) is 0.782. The molecule has 1 fully saturated rings. The Bertz CT molecular complexity index is 406. The van der Waals surface area contributed by atoms with Crippen molar-refractivity contribution in [3.05, 3.63) is 23.0 Å². The van der Waals surface area contributed by atoms with Crippen LogP contribution in [-0.2, 0) is 0 Å². The summed E-state index contributed by atoms with van der Waals surface area (Å²) < 4.78 is 0. The molecule has 0 amide bonds. The van der Waals surface area contributed by atoms with Crippen LogP contribution < -0.4 is 5.32 Å². The molecule has 1 aromatic heterocycles. The van der Waals surface area contributed by atoms with Gasteiger partial charge in [0.2, 0.25) is 0 Å². The predicted molar refractivity (Wildman–Crippen MR) is 65.8 cm³/mol. The first-order valence-corrected chi connectivity index (χ1v) is 5.87. The van der Waals surface area contributed by atoms with E-state index >= 15 is 0 Å². The van der Waals surface area contributed by atoms with Crippen molar-refractivity contribution < 1.29 is 5.11 Å². The number of nitrogens with zero attached hydrogens (tertiary/aromatic N) is 1. The highest BCUT2D eigenvalue weighted by Crippen LogP contribution is 2.42. The van der Waals surface area contributed by atoms with Gasteiger partial charge in [0.15, 0.2) is 0 Å². The third kappa shape index (κ3) is 1.89. The predicted octanol–water partition coefficient (Wildman–Crippen LogP) is 2.61. The molecule has 2 atom stereocenters. The average Bonchev–Trinajstić information content (AvgIpc) is 2.21. The van der Waals surface area contributed by atoms with E-state index < -0.39 is 0 Å². The molecule has 3 nitrogen and oxygen atoms in total. The van der Waals surface area contributed by atoms with E-state index in [1.165, 1.54) is 0 Å². The third-order valence-electron chi connectivity index (χ3n) is 3.60. The van der Waals surface area contributed by atoms with Crippen molar-refractivity contribution in [3.8, 4) is 0 Å². The zero-order valence-electron chi connectivity index (χ0n) is 9.79. The van der Waals surface area contributed by atoms with Gasteiger partial charge < -0.3 is 10.4 Å². The summed E-state index contributed by atoms with van der Waals surface area (Å²) in [5, 5.41) is 13.6. The Morgan fingerprint density at radius 3 is 2.69 bits per heavy atom. The van der Waals surface area contributed by atoms with E-state index in [0.29, 0.717) is 11.2 Å². The van der Waals surface area contributed by atoms with Crippen molar-refractivity contribution in [1.82, 2.24) is 4.98 Å². The van der Waals surface area contributed by atoms with Gasteiger partial charge in [0, 0.05) is 11.5 Å². The minimum atomic E-state index is -0.217. The summed E-state index contributed by atoms with van der Waals surface area (Å²) in [6.45, 7) is 6.06. The molecule has 1 aromatic rings. The summed E-state index contributed by atoms with van der Waals surface area (Å²) >= 11 is 5.80. The maximum atomic E-state index is 9.66. The lowest BCUT2D eigenvalue weighted by atomic mass is 9.64. The number of hydrogen-bond donors (Lipinski definition) is 2. The second kappa shape index (κ2) is 3.90. The molecule has 0 saturated heterocycles. The molecular formula is C12H17ClN2O. The number of aromatic nitrogens is 1. The van der Waals surface area contributed by atoms with Crippen LogP contribution in [0, 0.1) is 12.3 Å². The molecule has 4 heteroatoms.